The van der Waals surface area contributed by atoms with Crippen LogP contribution < -0.4 is 9.92 Å². The summed E-state index contributed by atoms with van der Waals surface area (Å²) in [5.41, 5.74) is 4.79. The van der Waals surface area contributed by atoms with Crippen molar-refractivity contribution < 1.29 is 14.6 Å². The summed E-state index contributed by atoms with van der Waals surface area (Å²) >= 11 is 0. The zero-order valence-electron chi connectivity index (χ0n) is 23.2. The first-order valence-electron chi connectivity index (χ1n) is 13.3. The molecule has 1 aromatic heterocycles. The Kier molecular flexibility index (Phi) is 5.35. The third-order valence-corrected chi connectivity index (χ3v) is 10.6. The summed E-state index contributed by atoms with van der Waals surface area (Å²) in [5.74, 6) is 2.44. The summed E-state index contributed by atoms with van der Waals surface area (Å²) in [4.78, 5) is 4.63. The lowest BCUT2D eigenvalue weighted by molar-refractivity contribution is 0.0108. The van der Waals surface area contributed by atoms with E-state index in [4.69, 9.17) is 9.47 Å². The van der Waals surface area contributed by atoms with Crippen LogP contribution in [0.25, 0.3) is 16.7 Å². The fourth-order valence-electron chi connectivity index (χ4n) is 6.05. The Morgan fingerprint density at radius 1 is 0.947 bits per heavy atom. The minimum atomic E-state index is -1.68. The second-order valence-corrected chi connectivity index (χ2v) is 17.6. The van der Waals surface area contributed by atoms with Crippen molar-refractivity contribution in [1.29, 1.82) is 0 Å². The first-order valence-corrected chi connectivity index (χ1v) is 16.8. The van der Waals surface area contributed by atoms with Gasteiger partial charge in [0.05, 0.1) is 8.07 Å². The summed E-state index contributed by atoms with van der Waals surface area (Å²) in [6.45, 7) is 15.8. The van der Waals surface area contributed by atoms with E-state index in [-0.39, 0.29) is 22.7 Å². The molecule has 0 radical (unpaired) electrons. The maximum absolute atomic E-state index is 10.5. The average molecular weight is 522 g/mol. The number of hydrogen-bond acceptors (Lipinski definition) is 4. The second-order valence-electron chi connectivity index (χ2n) is 12.5. The normalized spacial score (nSPS) is 21.6. The van der Waals surface area contributed by atoms with Gasteiger partial charge in [-0.05, 0) is 66.9 Å². The van der Waals surface area contributed by atoms with Crippen LogP contribution in [0.15, 0.2) is 72.8 Å². The van der Waals surface area contributed by atoms with Crippen LogP contribution in [0.1, 0.15) is 48.9 Å². The molecule has 4 nitrogen and oxygen atoms in total. The molecule has 2 heterocycles. The van der Waals surface area contributed by atoms with E-state index in [1.807, 2.05) is 25.1 Å². The minimum absolute atomic E-state index is 0.127. The van der Waals surface area contributed by atoms with E-state index in [9.17, 15) is 5.11 Å². The molecule has 6 rings (SSSR count). The number of aromatic hydroxyl groups is 1. The standard InChI is InChI=1S/C33H35NO3Si/c1-20-14-21-12-13-30(34-31(21)28(35)15-20)36-23-16-22(17-24(18-23)38(5,6)7)29-19-27-25-10-8-9-11-26(25)32(2,3)33(27,4)37-29/h8-19,27,35H,1-7H3/t27-,33+/m0/s1. The SMILES string of the molecule is Cc1cc(O)c2nc(Oc3cc(C4=C[C@H]5c6ccccc6C(C)(C)[C@]5(C)O4)cc([Si](C)(C)C)c3)ccc2c1. The van der Waals surface area contributed by atoms with Crippen molar-refractivity contribution in [1.82, 2.24) is 4.98 Å². The molecule has 0 fully saturated rings. The predicted octanol–water partition coefficient (Wildman–Crippen LogP) is 7.79. The number of pyridine rings is 1. The van der Waals surface area contributed by atoms with Crippen molar-refractivity contribution >= 4 is 29.9 Å². The monoisotopic (exact) mass is 521 g/mol. The average Bonchev–Trinajstić information content (AvgIpc) is 3.29. The van der Waals surface area contributed by atoms with E-state index in [2.05, 4.69) is 93.9 Å². The van der Waals surface area contributed by atoms with Gasteiger partial charge in [-0.2, -0.15) is 0 Å². The van der Waals surface area contributed by atoms with E-state index in [1.54, 1.807) is 6.07 Å². The maximum atomic E-state index is 10.5. The molecular weight excluding hydrogens is 486 g/mol. The number of phenolic OH excluding ortho intramolecular Hbond substituents is 1. The van der Waals surface area contributed by atoms with Crippen LogP contribution in [0, 0.1) is 6.92 Å². The highest BCUT2D eigenvalue weighted by Crippen LogP contribution is 2.60. The van der Waals surface area contributed by atoms with E-state index < -0.39 is 8.07 Å². The molecule has 0 saturated carbocycles. The van der Waals surface area contributed by atoms with Crippen molar-refractivity contribution in [3.8, 4) is 17.4 Å². The zero-order chi connectivity index (χ0) is 27.0. The van der Waals surface area contributed by atoms with Crippen molar-refractivity contribution in [3.63, 3.8) is 0 Å². The van der Waals surface area contributed by atoms with Crippen LogP contribution in [0.2, 0.25) is 19.6 Å². The number of nitrogens with zero attached hydrogens (tertiary/aromatic N) is 1. The minimum Gasteiger partial charge on any atom is -0.506 e. The quantitative estimate of drug-likeness (QED) is 0.279. The predicted molar refractivity (Wildman–Crippen MR) is 157 cm³/mol. The maximum Gasteiger partial charge on any atom is 0.219 e. The largest absolute Gasteiger partial charge is 0.506 e. The van der Waals surface area contributed by atoms with Gasteiger partial charge in [0.25, 0.3) is 0 Å². The summed E-state index contributed by atoms with van der Waals surface area (Å²) < 4.78 is 13.2. The lowest BCUT2D eigenvalue weighted by Crippen LogP contribution is -2.43. The number of ether oxygens (including phenoxy) is 2. The van der Waals surface area contributed by atoms with Gasteiger partial charge in [0.15, 0.2) is 0 Å². The molecule has 2 atom stereocenters. The fraction of sp³-hybridized carbons (Fsp3) is 0.303. The highest BCUT2D eigenvalue weighted by molar-refractivity contribution is 6.88. The van der Waals surface area contributed by atoms with E-state index in [0.717, 1.165) is 28.0 Å². The molecule has 3 aromatic carbocycles. The molecule has 0 spiro atoms. The van der Waals surface area contributed by atoms with Gasteiger partial charge in [0, 0.05) is 28.3 Å². The fourth-order valence-corrected chi connectivity index (χ4v) is 7.22. The summed E-state index contributed by atoms with van der Waals surface area (Å²) in [6, 6.07) is 22.7. The molecule has 2 aliphatic rings. The smallest absolute Gasteiger partial charge is 0.219 e. The van der Waals surface area contributed by atoms with Crippen LogP contribution in [0.5, 0.6) is 17.4 Å². The van der Waals surface area contributed by atoms with Gasteiger partial charge in [-0.25, -0.2) is 4.98 Å². The van der Waals surface area contributed by atoms with Crippen LogP contribution in [-0.2, 0) is 10.2 Å². The highest BCUT2D eigenvalue weighted by atomic mass is 28.3. The molecule has 5 heteroatoms. The molecule has 38 heavy (non-hydrogen) atoms. The number of fused-ring (bicyclic) bond motifs is 4. The molecule has 194 valence electrons. The first-order chi connectivity index (χ1) is 17.9. The molecule has 0 amide bonds. The Bertz CT molecular complexity index is 1630. The van der Waals surface area contributed by atoms with Gasteiger partial charge in [-0.3, -0.25) is 0 Å². The van der Waals surface area contributed by atoms with Crippen molar-refractivity contribution in [2.24, 2.45) is 0 Å². The third kappa shape index (κ3) is 3.75. The van der Waals surface area contributed by atoms with Gasteiger partial charge in [-0.15, -0.1) is 0 Å². The van der Waals surface area contributed by atoms with Crippen molar-refractivity contribution in [2.45, 2.75) is 64.3 Å². The lowest BCUT2D eigenvalue weighted by atomic mass is 9.73. The number of benzene rings is 3. The highest BCUT2D eigenvalue weighted by Gasteiger charge is 2.59. The number of phenols is 1. The number of hydrogen-bond donors (Lipinski definition) is 1. The van der Waals surface area contributed by atoms with Crippen molar-refractivity contribution in [3.05, 3.63) is 95.1 Å². The van der Waals surface area contributed by atoms with E-state index >= 15 is 0 Å². The Hall–Kier alpha value is -3.57. The van der Waals surface area contributed by atoms with Gasteiger partial charge < -0.3 is 14.6 Å². The third-order valence-electron chi connectivity index (χ3n) is 8.61. The number of rotatable bonds is 4. The van der Waals surface area contributed by atoms with Gasteiger partial charge >= 0.3 is 0 Å². The Balaban J connectivity index is 1.42. The Labute approximate surface area is 226 Å². The number of aryl methyl sites for hydroxylation is 1. The summed E-state index contributed by atoms with van der Waals surface area (Å²) in [5, 5.41) is 12.6. The van der Waals surface area contributed by atoms with E-state index in [1.165, 1.54) is 16.3 Å². The summed E-state index contributed by atoms with van der Waals surface area (Å²) in [7, 11) is -1.68. The van der Waals surface area contributed by atoms with Gasteiger partial charge in [0.1, 0.15) is 28.4 Å². The van der Waals surface area contributed by atoms with Crippen LogP contribution in [-0.4, -0.2) is 23.8 Å². The van der Waals surface area contributed by atoms with Gasteiger partial charge in [0.2, 0.25) is 5.88 Å². The zero-order valence-corrected chi connectivity index (χ0v) is 24.2. The molecule has 0 bridgehead atoms. The summed E-state index contributed by atoms with van der Waals surface area (Å²) in [6.07, 6.45) is 2.30. The first kappa shape index (κ1) is 24.7. The molecule has 1 N–H and O–H groups in total. The van der Waals surface area contributed by atoms with Gasteiger partial charge in [-0.1, -0.05) is 69.0 Å². The Morgan fingerprint density at radius 3 is 2.47 bits per heavy atom. The molecule has 4 aromatic rings. The lowest BCUT2D eigenvalue weighted by Gasteiger charge is -2.39. The van der Waals surface area contributed by atoms with Crippen molar-refractivity contribution in [2.75, 3.05) is 0 Å². The molecule has 1 aliphatic heterocycles. The number of aromatic nitrogens is 1. The topological polar surface area (TPSA) is 51.6 Å². The molecular formula is C33H35NO3Si. The van der Waals surface area contributed by atoms with E-state index in [0.29, 0.717) is 11.4 Å². The molecule has 0 saturated heterocycles. The second kappa shape index (κ2) is 8.21. The molecule has 0 unspecified atom stereocenters. The van der Waals surface area contributed by atoms with Crippen LogP contribution in [0.3, 0.4) is 0 Å². The Morgan fingerprint density at radius 2 is 1.71 bits per heavy atom. The van der Waals surface area contributed by atoms with Crippen LogP contribution >= 0.6 is 0 Å². The molecule has 1 aliphatic carbocycles. The van der Waals surface area contributed by atoms with Crippen LogP contribution in [0.4, 0.5) is 0 Å².